The first-order valence-corrected chi connectivity index (χ1v) is 2.74. The monoisotopic (exact) mass is 141 g/mol. The van der Waals surface area contributed by atoms with E-state index in [4.69, 9.17) is 14.7 Å². The SMILES string of the molecule is OC/C(=N/O)c1ccco1. The maximum atomic E-state index is 8.55. The molecule has 0 radical (unpaired) electrons. The number of oxime groups is 1. The fourth-order valence-electron chi connectivity index (χ4n) is 0.602. The van der Waals surface area contributed by atoms with E-state index >= 15 is 0 Å². The Morgan fingerprint density at radius 2 is 2.50 bits per heavy atom. The first kappa shape index (κ1) is 6.82. The summed E-state index contributed by atoms with van der Waals surface area (Å²) < 4.78 is 4.83. The second kappa shape index (κ2) is 3.03. The summed E-state index contributed by atoms with van der Waals surface area (Å²) in [6.45, 7) is -0.329. The van der Waals surface area contributed by atoms with Crippen LogP contribution in [-0.2, 0) is 0 Å². The predicted octanol–water partition coefficient (Wildman–Crippen LogP) is 0.450. The van der Waals surface area contributed by atoms with Crippen LogP contribution in [0.1, 0.15) is 5.76 Å². The zero-order valence-electron chi connectivity index (χ0n) is 5.19. The molecular formula is C6H7NO3. The van der Waals surface area contributed by atoms with Crippen molar-refractivity contribution in [2.45, 2.75) is 0 Å². The summed E-state index contributed by atoms with van der Waals surface area (Å²) in [7, 11) is 0. The molecule has 0 unspecified atom stereocenters. The van der Waals surface area contributed by atoms with Gasteiger partial charge in [0.15, 0.2) is 5.76 Å². The lowest BCUT2D eigenvalue weighted by Gasteiger charge is -1.92. The van der Waals surface area contributed by atoms with Gasteiger partial charge in [0.25, 0.3) is 0 Å². The third-order valence-corrected chi connectivity index (χ3v) is 1.08. The summed E-state index contributed by atoms with van der Waals surface area (Å²) in [4.78, 5) is 0. The lowest BCUT2D eigenvalue weighted by Crippen LogP contribution is -2.04. The van der Waals surface area contributed by atoms with Gasteiger partial charge in [-0.15, -0.1) is 0 Å². The molecule has 2 N–H and O–H groups in total. The predicted molar refractivity (Wildman–Crippen MR) is 34.1 cm³/mol. The summed E-state index contributed by atoms with van der Waals surface area (Å²) in [6, 6.07) is 3.25. The van der Waals surface area contributed by atoms with Gasteiger partial charge in [-0.25, -0.2) is 0 Å². The minimum atomic E-state index is -0.329. The van der Waals surface area contributed by atoms with E-state index in [1.54, 1.807) is 12.1 Å². The molecule has 0 aliphatic carbocycles. The molecule has 4 nitrogen and oxygen atoms in total. The highest BCUT2D eigenvalue weighted by atomic mass is 16.4. The van der Waals surface area contributed by atoms with Gasteiger partial charge in [0, 0.05) is 0 Å². The fraction of sp³-hybridized carbons (Fsp3) is 0.167. The van der Waals surface area contributed by atoms with E-state index < -0.39 is 0 Å². The van der Waals surface area contributed by atoms with Crippen LogP contribution in [0.2, 0.25) is 0 Å². The zero-order valence-corrected chi connectivity index (χ0v) is 5.19. The number of hydrogen-bond acceptors (Lipinski definition) is 4. The van der Waals surface area contributed by atoms with Crippen molar-refractivity contribution in [2.75, 3.05) is 6.61 Å². The molecule has 0 bridgehead atoms. The van der Waals surface area contributed by atoms with Crippen molar-refractivity contribution in [3.63, 3.8) is 0 Å². The Labute approximate surface area is 57.4 Å². The summed E-state index contributed by atoms with van der Waals surface area (Å²) in [5, 5.41) is 19.6. The maximum Gasteiger partial charge on any atom is 0.153 e. The van der Waals surface area contributed by atoms with Crippen LogP contribution in [0.15, 0.2) is 28.0 Å². The normalized spacial score (nSPS) is 11.9. The second-order valence-electron chi connectivity index (χ2n) is 1.68. The number of aliphatic hydroxyl groups is 1. The highest BCUT2D eigenvalue weighted by Gasteiger charge is 2.03. The average Bonchev–Trinajstić information content (AvgIpc) is 2.43. The molecule has 0 saturated carbocycles. The largest absolute Gasteiger partial charge is 0.463 e. The molecule has 1 heterocycles. The molecule has 0 spiro atoms. The summed E-state index contributed by atoms with van der Waals surface area (Å²) in [5.41, 5.74) is 0.130. The van der Waals surface area contributed by atoms with Crippen LogP contribution in [0.3, 0.4) is 0 Å². The smallest absolute Gasteiger partial charge is 0.153 e. The molecule has 1 rings (SSSR count). The Morgan fingerprint density at radius 1 is 1.70 bits per heavy atom. The molecule has 0 aromatic carbocycles. The molecule has 1 aromatic rings. The van der Waals surface area contributed by atoms with Gasteiger partial charge in [0.2, 0.25) is 0 Å². The lowest BCUT2D eigenvalue weighted by molar-refractivity contribution is 0.301. The molecule has 4 heteroatoms. The molecule has 0 atom stereocenters. The third kappa shape index (κ3) is 1.16. The van der Waals surface area contributed by atoms with Gasteiger partial charge in [-0.05, 0) is 12.1 Å². The van der Waals surface area contributed by atoms with E-state index in [1.165, 1.54) is 6.26 Å². The van der Waals surface area contributed by atoms with Gasteiger partial charge in [-0.1, -0.05) is 5.16 Å². The van der Waals surface area contributed by atoms with Crippen LogP contribution in [-0.4, -0.2) is 22.6 Å². The van der Waals surface area contributed by atoms with Gasteiger partial charge in [0.1, 0.15) is 5.71 Å². The summed E-state index contributed by atoms with van der Waals surface area (Å²) in [5.74, 6) is 0.380. The molecule has 0 fully saturated rings. The molecule has 0 amide bonds. The first-order valence-electron chi connectivity index (χ1n) is 2.74. The summed E-state index contributed by atoms with van der Waals surface area (Å²) in [6.07, 6.45) is 1.44. The van der Waals surface area contributed by atoms with Crippen LogP contribution >= 0.6 is 0 Å². The van der Waals surface area contributed by atoms with Crippen molar-refractivity contribution in [1.82, 2.24) is 0 Å². The molecule has 0 saturated heterocycles. The van der Waals surface area contributed by atoms with Crippen LogP contribution in [0.4, 0.5) is 0 Å². The van der Waals surface area contributed by atoms with Crippen LogP contribution < -0.4 is 0 Å². The van der Waals surface area contributed by atoms with E-state index in [0.29, 0.717) is 5.76 Å². The number of aliphatic hydroxyl groups excluding tert-OH is 1. The Bertz CT molecular complexity index is 215. The third-order valence-electron chi connectivity index (χ3n) is 1.08. The van der Waals surface area contributed by atoms with Crippen molar-refractivity contribution in [3.8, 4) is 0 Å². The van der Waals surface area contributed by atoms with E-state index in [-0.39, 0.29) is 12.3 Å². The number of hydrogen-bond donors (Lipinski definition) is 2. The van der Waals surface area contributed by atoms with E-state index in [2.05, 4.69) is 5.16 Å². The Kier molecular flexibility index (Phi) is 2.07. The van der Waals surface area contributed by atoms with E-state index in [1.807, 2.05) is 0 Å². The van der Waals surface area contributed by atoms with Gasteiger partial charge in [0.05, 0.1) is 12.9 Å². The minimum Gasteiger partial charge on any atom is -0.463 e. The summed E-state index contributed by atoms with van der Waals surface area (Å²) >= 11 is 0. The van der Waals surface area contributed by atoms with E-state index in [0.717, 1.165) is 0 Å². The molecule has 1 aromatic heterocycles. The van der Waals surface area contributed by atoms with Crippen molar-refractivity contribution in [3.05, 3.63) is 24.2 Å². The zero-order chi connectivity index (χ0) is 7.40. The van der Waals surface area contributed by atoms with Gasteiger partial charge < -0.3 is 14.7 Å². The standard InChI is InChI=1S/C6H7NO3/c8-4-5(7-9)6-2-1-3-10-6/h1-3,8-9H,4H2/b7-5-. The first-order chi connectivity index (χ1) is 4.88. The molecule has 0 aliphatic heterocycles. The second-order valence-corrected chi connectivity index (χ2v) is 1.68. The number of furan rings is 1. The fourth-order valence-corrected chi connectivity index (χ4v) is 0.602. The Morgan fingerprint density at radius 3 is 2.90 bits per heavy atom. The Hall–Kier alpha value is -1.29. The van der Waals surface area contributed by atoms with Gasteiger partial charge in [-0.2, -0.15) is 0 Å². The topological polar surface area (TPSA) is 66.0 Å². The van der Waals surface area contributed by atoms with Crippen LogP contribution in [0.25, 0.3) is 0 Å². The highest BCUT2D eigenvalue weighted by molar-refractivity contribution is 5.98. The van der Waals surface area contributed by atoms with Crippen molar-refractivity contribution in [1.29, 1.82) is 0 Å². The van der Waals surface area contributed by atoms with Gasteiger partial charge >= 0.3 is 0 Å². The van der Waals surface area contributed by atoms with E-state index in [9.17, 15) is 0 Å². The average molecular weight is 141 g/mol. The van der Waals surface area contributed by atoms with Gasteiger partial charge in [-0.3, -0.25) is 0 Å². The molecular weight excluding hydrogens is 134 g/mol. The molecule has 0 aliphatic rings. The maximum absolute atomic E-state index is 8.55. The minimum absolute atomic E-state index is 0.130. The highest BCUT2D eigenvalue weighted by Crippen LogP contribution is 2.00. The lowest BCUT2D eigenvalue weighted by atomic mass is 10.3. The van der Waals surface area contributed by atoms with Crippen LogP contribution in [0.5, 0.6) is 0 Å². The van der Waals surface area contributed by atoms with Crippen LogP contribution in [0, 0.1) is 0 Å². The van der Waals surface area contributed by atoms with Crippen molar-refractivity contribution < 1.29 is 14.7 Å². The number of nitrogens with zero attached hydrogens (tertiary/aromatic N) is 1. The van der Waals surface area contributed by atoms with Crippen molar-refractivity contribution in [2.24, 2.45) is 5.16 Å². The molecule has 10 heavy (non-hydrogen) atoms. The quantitative estimate of drug-likeness (QED) is 0.357. The van der Waals surface area contributed by atoms with Crippen molar-refractivity contribution >= 4 is 5.71 Å². The Balaban J connectivity index is 2.85. The number of rotatable bonds is 2. The molecule has 54 valence electrons.